The molecule has 24 heavy (non-hydrogen) atoms. The summed E-state index contributed by atoms with van der Waals surface area (Å²) in [6.45, 7) is 7.97. The number of aromatic amines is 1. The number of amides is 2. The lowest BCUT2D eigenvalue weighted by atomic mass is 9.94. The van der Waals surface area contributed by atoms with E-state index in [0.29, 0.717) is 12.1 Å². The lowest BCUT2D eigenvalue weighted by Gasteiger charge is -2.22. The first-order valence-corrected chi connectivity index (χ1v) is 8.78. The van der Waals surface area contributed by atoms with Gasteiger partial charge in [0.1, 0.15) is 5.60 Å². The van der Waals surface area contributed by atoms with Crippen LogP contribution in [0.3, 0.4) is 0 Å². The van der Waals surface area contributed by atoms with Gasteiger partial charge in [-0.05, 0) is 56.1 Å². The zero-order valence-electron chi connectivity index (χ0n) is 14.4. The molecule has 0 unspecified atom stereocenters. The van der Waals surface area contributed by atoms with Gasteiger partial charge in [0.2, 0.25) is 0 Å². The van der Waals surface area contributed by atoms with Crippen LogP contribution in [0.5, 0.6) is 0 Å². The lowest BCUT2D eigenvalue weighted by Crippen LogP contribution is -2.36. The van der Waals surface area contributed by atoms with E-state index in [0.717, 1.165) is 16.7 Å². The number of hydrogen-bond donors (Lipinski definition) is 3. The quantitative estimate of drug-likeness (QED) is 0.680. The topological polar surface area (TPSA) is 83.2 Å². The van der Waals surface area contributed by atoms with Crippen molar-refractivity contribution in [1.82, 2.24) is 15.6 Å². The molecule has 3 N–H and O–H groups in total. The van der Waals surface area contributed by atoms with Gasteiger partial charge in [0.05, 0.1) is 10.2 Å². The van der Waals surface area contributed by atoms with Gasteiger partial charge in [0, 0.05) is 24.2 Å². The zero-order valence-corrected chi connectivity index (χ0v) is 16.0. The molecule has 132 valence electrons. The van der Waals surface area contributed by atoms with Gasteiger partial charge in [-0.25, -0.2) is 4.79 Å². The van der Waals surface area contributed by atoms with Crippen molar-refractivity contribution in [2.75, 3.05) is 6.54 Å². The maximum atomic E-state index is 11.8. The highest BCUT2D eigenvalue weighted by Gasteiger charge is 2.26. The third-order valence-electron chi connectivity index (χ3n) is 3.57. The average Bonchev–Trinajstić information content (AvgIpc) is 2.81. The Kier molecular flexibility index (Phi) is 5.74. The Morgan fingerprint density at radius 1 is 1.54 bits per heavy atom. The highest BCUT2D eigenvalue weighted by molar-refractivity contribution is 9.10. The van der Waals surface area contributed by atoms with Crippen LogP contribution < -0.4 is 10.6 Å². The fraction of sp³-hybridized carbons (Fsp3) is 0.529. The van der Waals surface area contributed by atoms with Gasteiger partial charge in [-0.15, -0.1) is 0 Å². The van der Waals surface area contributed by atoms with Gasteiger partial charge in [-0.3, -0.25) is 4.79 Å². The monoisotopic (exact) mass is 397 g/mol. The van der Waals surface area contributed by atoms with Crippen molar-refractivity contribution in [2.24, 2.45) is 0 Å². The molecule has 1 aromatic heterocycles. The van der Waals surface area contributed by atoms with E-state index in [2.05, 4.69) is 31.5 Å². The normalized spacial score (nSPS) is 18.9. The van der Waals surface area contributed by atoms with Crippen molar-refractivity contribution >= 4 is 27.9 Å². The van der Waals surface area contributed by atoms with Gasteiger partial charge in [0.15, 0.2) is 0 Å². The first-order valence-electron chi connectivity index (χ1n) is 7.98. The van der Waals surface area contributed by atoms with Crippen LogP contribution in [0.25, 0.3) is 0 Å². The Balaban J connectivity index is 1.89. The van der Waals surface area contributed by atoms with Crippen LogP contribution in [0.4, 0.5) is 4.79 Å². The minimum atomic E-state index is -0.509. The van der Waals surface area contributed by atoms with E-state index in [1.54, 1.807) is 6.07 Å². The summed E-state index contributed by atoms with van der Waals surface area (Å²) in [4.78, 5) is 26.7. The largest absolute Gasteiger partial charge is 0.444 e. The Morgan fingerprint density at radius 3 is 2.92 bits per heavy atom. The van der Waals surface area contributed by atoms with Gasteiger partial charge >= 0.3 is 6.09 Å². The number of rotatable bonds is 4. The number of carbonyl (C=O) groups excluding carboxylic acids is 2. The zero-order chi connectivity index (χ0) is 17.9. The Morgan fingerprint density at radius 2 is 2.25 bits per heavy atom. The fourth-order valence-corrected chi connectivity index (χ4v) is 2.99. The summed E-state index contributed by atoms with van der Waals surface area (Å²) in [7, 11) is 0. The molecule has 1 aromatic rings. The minimum Gasteiger partial charge on any atom is -0.444 e. The molecule has 2 atom stereocenters. The molecule has 1 aliphatic rings. The molecule has 7 heteroatoms. The molecule has 0 aliphatic carbocycles. The number of alkyl carbamates (subject to hydrolysis) is 1. The summed E-state index contributed by atoms with van der Waals surface area (Å²) in [6.07, 6.45) is 4.28. The minimum absolute atomic E-state index is 0.0489. The molecule has 1 aliphatic heterocycles. The molecule has 0 bridgehead atoms. The molecule has 2 amide bonds. The summed E-state index contributed by atoms with van der Waals surface area (Å²) in [5, 5.41) is 5.67. The van der Waals surface area contributed by atoms with Crippen molar-refractivity contribution in [2.45, 2.75) is 51.7 Å². The lowest BCUT2D eigenvalue weighted by molar-refractivity contribution is 0.0517. The average molecular weight is 398 g/mol. The molecule has 0 saturated carbocycles. The molecule has 0 saturated heterocycles. The van der Waals surface area contributed by atoms with Gasteiger partial charge in [-0.1, -0.05) is 12.2 Å². The van der Waals surface area contributed by atoms with E-state index in [9.17, 15) is 9.59 Å². The van der Waals surface area contributed by atoms with Crippen LogP contribution in [-0.4, -0.2) is 35.2 Å². The van der Waals surface area contributed by atoms with Crippen LogP contribution in [0.1, 0.15) is 56.1 Å². The van der Waals surface area contributed by atoms with Gasteiger partial charge < -0.3 is 20.4 Å². The summed E-state index contributed by atoms with van der Waals surface area (Å²) in [5.74, 6) is 0.140. The van der Waals surface area contributed by atoms with E-state index in [4.69, 9.17) is 4.74 Å². The molecule has 0 aromatic carbocycles. The van der Waals surface area contributed by atoms with Crippen LogP contribution in [0.15, 0.2) is 22.8 Å². The summed E-state index contributed by atoms with van der Waals surface area (Å²) in [5.41, 5.74) is 1.13. The molecule has 0 fully saturated rings. The Labute approximate surface area is 150 Å². The van der Waals surface area contributed by atoms with Crippen molar-refractivity contribution in [3.63, 3.8) is 0 Å². The maximum absolute atomic E-state index is 11.8. The number of allylic oxidation sites excluding steroid dienone is 1. The van der Waals surface area contributed by atoms with Gasteiger partial charge in [0.25, 0.3) is 5.91 Å². The summed E-state index contributed by atoms with van der Waals surface area (Å²) in [6, 6.07) is 1.67. The van der Waals surface area contributed by atoms with E-state index in [1.807, 2.05) is 39.8 Å². The Bertz CT molecular complexity index is 646. The van der Waals surface area contributed by atoms with Crippen LogP contribution >= 0.6 is 15.9 Å². The van der Waals surface area contributed by atoms with E-state index in [1.165, 1.54) is 0 Å². The first-order chi connectivity index (χ1) is 11.2. The summed E-state index contributed by atoms with van der Waals surface area (Å²) >= 11 is 3.37. The van der Waals surface area contributed by atoms with Gasteiger partial charge in [-0.2, -0.15) is 0 Å². The number of carbonyl (C=O) groups is 2. The van der Waals surface area contributed by atoms with Crippen molar-refractivity contribution in [3.05, 3.63) is 34.1 Å². The highest BCUT2D eigenvalue weighted by Crippen LogP contribution is 2.28. The molecular formula is C17H24BrN3O3. The van der Waals surface area contributed by atoms with E-state index in [-0.39, 0.29) is 17.9 Å². The molecule has 0 radical (unpaired) electrons. The molecule has 2 rings (SSSR count). The van der Waals surface area contributed by atoms with E-state index >= 15 is 0 Å². The summed E-state index contributed by atoms with van der Waals surface area (Å²) < 4.78 is 6.03. The second-order valence-corrected chi connectivity index (χ2v) is 7.80. The standard InChI is InChI=1S/C17H24BrN3O3/c1-10(20-16(23)24-17(2,3)4)6-5-7-11-9-19-15(22)12-8-13(18)21-14(11)12/h5-6,8,10-11,21H,7,9H2,1-4H3,(H,19,22)(H,20,23)/b6-5-/t10-,11+/m1/s1. The predicted molar refractivity (Wildman–Crippen MR) is 96.2 cm³/mol. The van der Waals surface area contributed by atoms with Crippen molar-refractivity contribution in [1.29, 1.82) is 0 Å². The van der Waals surface area contributed by atoms with Crippen molar-refractivity contribution in [3.8, 4) is 0 Å². The third-order valence-corrected chi connectivity index (χ3v) is 3.99. The Hall–Kier alpha value is -1.76. The van der Waals surface area contributed by atoms with E-state index < -0.39 is 11.7 Å². The van der Waals surface area contributed by atoms with Crippen LogP contribution in [-0.2, 0) is 4.74 Å². The van der Waals surface area contributed by atoms with Crippen LogP contribution in [0.2, 0.25) is 0 Å². The van der Waals surface area contributed by atoms with Crippen LogP contribution in [0, 0.1) is 0 Å². The SMILES string of the molecule is C[C@H](/C=C\C[C@H]1CNC(=O)c2cc(Br)[nH]c21)NC(=O)OC(C)(C)C. The molecule has 6 nitrogen and oxygen atoms in total. The predicted octanol–water partition coefficient (Wildman–Crippen LogP) is 3.46. The maximum Gasteiger partial charge on any atom is 0.408 e. The molecule has 2 heterocycles. The number of halogens is 1. The smallest absolute Gasteiger partial charge is 0.408 e. The fourth-order valence-electron chi connectivity index (χ4n) is 2.55. The van der Waals surface area contributed by atoms with Crippen molar-refractivity contribution < 1.29 is 14.3 Å². The number of hydrogen-bond acceptors (Lipinski definition) is 3. The second kappa shape index (κ2) is 7.42. The second-order valence-electron chi connectivity index (χ2n) is 6.95. The number of H-pyrrole nitrogens is 1. The first kappa shape index (κ1) is 18.6. The highest BCUT2D eigenvalue weighted by atomic mass is 79.9. The third kappa shape index (κ3) is 5.12. The number of nitrogens with one attached hydrogen (secondary N) is 3. The molecular weight excluding hydrogens is 374 g/mol. The number of ether oxygens (including phenoxy) is 1. The molecule has 0 spiro atoms. The number of fused-ring (bicyclic) bond motifs is 1. The number of aromatic nitrogens is 1.